The fourth-order valence-corrected chi connectivity index (χ4v) is 1.88. The first-order valence-corrected chi connectivity index (χ1v) is 5.81. The third-order valence-electron chi connectivity index (χ3n) is 2.91. The molecule has 1 saturated heterocycles. The second kappa shape index (κ2) is 5.68. The van der Waals surface area contributed by atoms with Gasteiger partial charge in [-0.3, -0.25) is 4.79 Å². The molecule has 6 nitrogen and oxygen atoms in total. The number of carbonyl (C=O) groups is 2. The molecule has 2 N–H and O–H groups in total. The maximum absolute atomic E-state index is 11.6. The number of carboxylic acids is 1. The molecule has 0 aliphatic carbocycles. The Morgan fingerprint density at radius 3 is 3.00 bits per heavy atom. The van der Waals surface area contributed by atoms with Crippen LogP contribution in [-0.4, -0.2) is 36.7 Å². The van der Waals surface area contributed by atoms with Crippen molar-refractivity contribution in [3.8, 4) is 0 Å². The SMILES string of the molecule is O=C(Cc1occc1C(=O)O)NCC1CCOC1. The van der Waals surface area contributed by atoms with Crippen LogP contribution in [0.5, 0.6) is 0 Å². The third kappa shape index (κ3) is 3.10. The summed E-state index contributed by atoms with van der Waals surface area (Å²) < 4.78 is 10.2. The van der Waals surface area contributed by atoms with Gasteiger partial charge in [0, 0.05) is 19.1 Å². The first-order chi connectivity index (χ1) is 8.66. The van der Waals surface area contributed by atoms with Gasteiger partial charge in [-0.15, -0.1) is 0 Å². The van der Waals surface area contributed by atoms with Gasteiger partial charge < -0.3 is 19.6 Å². The van der Waals surface area contributed by atoms with Gasteiger partial charge in [0.05, 0.1) is 19.3 Å². The first kappa shape index (κ1) is 12.6. The van der Waals surface area contributed by atoms with E-state index < -0.39 is 5.97 Å². The highest BCUT2D eigenvalue weighted by molar-refractivity contribution is 5.90. The van der Waals surface area contributed by atoms with Crippen LogP contribution in [0.4, 0.5) is 0 Å². The molecule has 0 radical (unpaired) electrons. The zero-order chi connectivity index (χ0) is 13.0. The van der Waals surface area contributed by atoms with Crippen molar-refractivity contribution in [3.63, 3.8) is 0 Å². The summed E-state index contributed by atoms with van der Waals surface area (Å²) in [6.45, 7) is 1.96. The van der Waals surface area contributed by atoms with Crippen molar-refractivity contribution in [3.05, 3.63) is 23.7 Å². The highest BCUT2D eigenvalue weighted by Crippen LogP contribution is 2.12. The predicted octanol–water partition coefficient (Wildman–Crippen LogP) is 0.673. The number of hydrogen-bond donors (Lipinski definition) is 2. The van der Waals surface area contributed by atoms with E-state index in [1.165, 1.54) is 12.3 Å². The maximum Gasteiger partial charge on any atom is 0.339 e. The van der Waals surface area contributed by atoms with Crippen molar-refractivity contribution < 1.29 is 23.8 Å². The van der Waals surface area contributed by atoms with E-state index in [0.717, 1.165) is 13.0 Å². The molecule has 6 heteroatoms. The predicted molar refractivity (Wildman–Crippen MR) is 61.3 cm³/mol. The van der Waals surface area contributed by atoms with E-state index in [0.29, 0.717) is 19.1 Å². The smallest absolute Gasteiger partial charge is 0.339 e. The van der Waals surface area contributed by atoms with E-state index >= 15 is 0 Å². The lowest BCUT2D eigenvalue weighted by atomic mass is 10.1. The molecule has 1 amide bonds. The molecule has 98 valence electrons. The van der Waals surface area contributed by atoms with Crippen molar-refractivity contribution in [2.45, 2.75) is 12.8 Å². The fraction of sp³-hybridized carbons (Fsp3) is 0.500. The summed E-state index contributed by atoms with van der Waals surface area (Å²) in [5.41, 5.74) is 0.0364. The van der Waals surface area contributed by atoms with E-state index in [9.17, 15) is 9.59 Å². The standard InChI is InChI=1S/C12H15NO5/c14-11(13-6-8-1-3-17-7-8)5-10-9(12(15)16)2-4-18-10/h2,4,8H,1,3,5-7H2,(H,13,14)(H,15,16). The number of ether oxygens (including phenoxy) is 1. The molecule has 2 heterocycles. The van der Waals surface area contributed by atoms with Crippen molar-refractivity contribution in [2.24, 2.45) is 5.92 Å². The Morgan fingerprint density at radius 1 is 1.50 bits per heavy atom. The van der Waals surface area contributed by atoms with Gasteiger partial charge in [-0.25, -0.2) is 4.79 Å². The number of carbonyl (C=O) groups excluding carboxylic acids is 1. The van der Waals surface area contributed by atoms with Gasteiger partial charge in [0.2, 0.25) is 5.91 Å². The van der Waals surface area contributed by atoms with Gasteiger partial charge in [0.25, 0.3) is 0 Å². The summed E-state index contributed by atoms with van der Waals surface area (Å²) >= 11 is 0. The molecular formula is C12H15NO5. The average molecular weight is 253 g/mol. The molecule has 2 rings (SSSR count). The van der Waals surface area contributed by atoms with Gasteiger partial charge in [-0.05, 0) is 12.5 Å². The molecule has 0 spiro atoms. The molecule has 1 aliphatic rings. The number of amides is 1. The first-order valence-electron chi connectivity index (χ1n) is 5.81. The monoisotopic (exact) mass is 253 g/mol. The van der Waals surface area contributed by atoms with Crippen LogP contribution < -0.4 is 5.32 Å². The minimum atomic E-state index is -1.09. The van der Waals surface area contributed by atoms with E-state index in [4.69, 9.17) is 14.3 Å². The second-order valence-corrected chi connectivity index (χ2v) is 4.27. The van der Waals surface area contributed by atoms with Crippen LogP contribution in [0.25, 0.3) is 0 Å². The Hall–Kier alpha value is -1.82. The Kier molecular flexibility index (Phi) is 3.99. The summed E-state index contributed by atoms with van der Waals surface area (Å²) in [6, 6.07) is 1.34. The normalized spacial score (nSPS) is 18.8. The van der Waals surface area contributed by atoms with Gasteiger partial charge in [-0.1, -0.05) is 0 Å². The molecule has 1 atom stereocenters. The molecular weight excluding hydrogens is 238 g/mol. The number of rotatable bonds is 5. The topological polar surface area (TPSA) is 88.8 Å². The number of carboxylic acid groups (broad SMARTS) is 1. The van der Waals surface area contributed by atoms with Crippen molar-refractivity contribution in [2.75, 3.05) is 19.8 Å². The Morgan fingerprint density at radius 2 is 2.33 bits per heavy atom. The molecule has 0 saturated carbocycles. The lowest BCUT2D eigenvalue weighted by Crippen LogP contribution is -2.30. The Labute approximate surface area is 104 Å². The largest absolute Gasteiger partial charge is 0.478 e. The Balaban J connectivity index is 1.82. The minimum Gasteiger partial charge on any atom is -0.478 e. The fourth-order valence-electron chi connectivity index (χ4n) is 1.88. The zero-order valence-corrected chi connectivity index (χ0v) is 9.85. The van der Waals surface area contributed by atoms with Crippen LogP contribution in [0.1, 0.15) is 22.5 Å². The summed E-state index contributed by atoms with van der Waals surface area (Å²) in [5, 5.41) is 11.6. The van der Waals surface area contributed by atoms with E-state index in [1.54, 1.807) is 0 Å². The second-order valence-electron chi connectivity index (χ2n) is 4.27. The number of furan rings is 1. The third-order valence-corrected chi connectivity index (χ3v) is 2.91. The highest BCUT2D eigenvalue weighted by atomic mass is 16.5. The van der Waals surface area contributed by atoms with Crippen LogP contribution >= 0.6 is 0 Å². The molecule has 1 fully saturated rings. The van der Waals surface area contributed by atoms with Crippen LogP contribution in [-0.2, 0) is 16.0 Å². The zero-order valence-electron chi connectivity index (χ0n) is 9.85. The van der Waals surface area contributed by atoms with Gasteiger partial charge in [0.15, 0.2) is 0 Å². The molecule has 0 bridgehead atoms. The quantitative estimate of drug-likeness (QED) is 0.805. The van der Waals surface area contributed by atoms with Crippen LogP contribution in [0, 0.1) is 5.92 Å². The number of aromatic carboxylic acids is 1. The maximum atomic E-state index is 11.6. The van der Waals surface area contributed by atoms with Crippen LogP contribution in [0.3, 0.4) is 0 Å². The summed E-state index contributed by atoms with van der Waals surface area (Å²) in [5.74, 6) is -0.790. The molecule has 1 aromatic rings. The molecule has 1 aliphatic heterocycles. The van der Waals surface area contributed by atoms with Gasteiger partial charge in [-0.2, -0.15) is 0 Å². The molecule has 0 aromatic carbocycles. The molecule has 1 aromatic heterocycles. The number of nitrogens with one attached hydrogen (secondary N) is 1. The van der Waals surface area contributed by atoms with Gasteiger partial charge >= 0.3 is 5.97 Å². The lowest BCUT2D eigenvalue weighted by Gasteiger charge is -2.08. The Bertz CT molecular complexity index is 433. The molecule has 1 unspecified atom stereocenters. The van der Waals surface area contributed by atoms with E-state index in [-0.39, 0.29) is 23.7 Å². The van der Waals surface area contributed by atoms with Gasteiger partial charge in [0.1, 0.15) is 11.3 Å². The minimum absolute atomic E-state index is 0.0364. The van der Waals surface area contributed by atoms with Crippen LogP contribution in [0.15, 0.2) is 16.7 Å². The van der Waals surface area contributed by atoms with Crippen LogP contribution in [0.2, 0.25) is 0 Å². The van der Waals surface area contributed by atoms with E-state index in [2.05, 4.69) is 5.32 Å². The summed E-state index contributed by atoms with van der Waals surface area (Å²) in [7, 11) is 0. The summed E-state index contributed by atoms with van der Waals surface area (Å²) in [4.78, 5) is 22.5. The number of hydrogen-bond acceptors (Lipinski definition) is 4. The van der Waals surface area contributed by atoms with E-state index in [1.807, 2.05) is 0 Å². The summed E-state index contributed by atoms with van der Waals surface area (Å²) in [6.07, 6.45) is 2.17. The lowest BCUT2D eigenvalue weighted by molar-refractivity contribution is -0.120. The molecule has 18 heavy (non-hydrogen) atoms. The highest BCUT2D eigenvalue weighted by Gasteiger charge is 2.19. The van der Waals surface area contributed by atoms with Crippen molar-refractivity contribution >= 4 is 11.9 Å². The average Bonchev–Trinajstić information content (AvgIpc) is 2.96. The van der Waals surface area contributed by atoms with Crippen molar-refractivity contribution in [1.82, 2.24) is 5.32 Å². The van der Waals surface area contributed by atoms with Crippen molar-refractivity contribution in [1.29, 1.82) is 0 Å².